The Bertz CT molecular complexity index is 328. The van der Waals surface area contributed by atoms with Crippen molar-refractivity contribution in [1.29, 1.82) is 0 Å². The smallest absolute Gasteiger partial charge is 0.418 e. The van der Waals surface area contributed by atoms with Crippen LogP contribution in [0.4, 0.5) is 0 Å². The van der Waals surface area contributed by atoms with E-state index < -0.39 is 5.60 Å². The fraction of sp³-hybridized carbons (Fsp3) is 0.867. The summed E-state index contributed by atoms with van der Waals surface area (Å²) in [6.07, 6.45) is 5.88. The molecular formula is C15H24NO3. The van der Waals surface area contributed by atoms with Gasteiger partial charge in [-0.05, 0) is 26.7 Å². The number of ether oxygens (including phenoxy) is 1. The van der Waals surface area contributed by atoms with Gasteiger partial charge in [-0.15, -0.1) is 0 Å². The number of carbonyl (C=O) groups excluding carboxylic acids is 2. The zero-order valence-corrected chi connectivity index (χ0v) is 12.0. The van der Waals surface area contributed by atoms with E-state index in [1.54, 1.807) is 0 Å². The Balaban J connectivity index is 1.73. The molecule has 19 heavy (non-hydrogen) atoms. The first kappa shape index (κ1) is 14.5. The third-order valence-electron chi connectivity index (χ3n) is 4.29. The monoisotopic (exact) mass is 266 g/mol. The van der Waals surface area contributed by atoms with E-state index in [-0.39, 0.29) is 5.92 Å². The first-order chi connectivity index (χ1) is 9.02. The van der Waals surface area contributed by atoms with Gasteiger partial charge in [-0.3, -0.25) is 9.69 Å². The van der Waals surface area contributed by atoms with Crippen molar-refractivity contribution in [3.63, 3.8) is 0 Å². The summed E-state index contributed by atoms with van der Waals surface area (Å²) in [4.78, 5) is 24.7. The molecule has 1 radical (unpaired) electrons. The lowest BCUT2D eigenvalue weighted by Crippen LogP contribution is -2.56. The van der Waals surface area contributed by atoms with Gasteiger partial charge in [0.25, 0.3) is 0 Å². The Morgan fingerprint density at radius 3 is 2.42 bits per heavy atom. The molecule has 4 nitrogen and oxygen atoms in total. The van der Waals surface area contributed by atoms with Crippen molar-refractivity contribution in [3.05, 3.63) is 0 Å². The third kappa shape index (κ3) is 3.78. The van der Waals surface area contributed by atoms with Gasteiger partial charge < -0.3 is 4.74 Å². The summed E-state index contributed by atoms with van der Waals surface area (Å²) in [5, 5.41) is 0. The molecule has 2 rings (SSSR count). The van der Waals surface area contributed by atoms with Crippen molar-refractivity contribution in [3.8, 4) is 0 Å². The molecule has 0 aromatic heterocycles. The van der Waals surface area contributed by atoms with Crippen molar-refractivity contribution in [2.45, 2.75) is 51.6 Å². The molecule has 107 valence electrons. The number of nitrogens with zero attached hydrogens (tertiary/aromatic N) is 1. The average molecular weight is 266 g/mol. The highest BCUT2D eigenvalue weighted by molar-refractivity contribution is 5.84. The normalized spacial score (nSPS) is 22.8. The summed E-state index contributed by atoms with van der Waals surface area (Å²) in [5.74, 6) is 0.990. The molecule has 2 fully saturated rings. The van der Waals surface area contributed by atoms with Crippen molar-refractivity contribution in [1.82, 2.24) is 4.90 Å². The first-order valence-corrected chi connectivity index (χ1v) is 7.33. The molecule has 1 heterocycles. The maximum absolute atomic E-state index is 12.3. The van der Waals surface area contributed by atoms with Gasteiger partial charge in [0, 0.05) is 31.5 Å². The molecule has 4 heteroatoms. The van der Waals surface area contributed by atoms with Crippen LogP contribution in [-0.4, -0.2) is 42.4 Å². The molecule has 0 bridgehead atoms. The molecule has 0 N–H and O–H groups in total. The van der Waals surface area contributed by atoms with Crippen LogP contribution in [0.15, 0.2) is 0 Å². The second-order valence-corrected chi connectivity index (χ2v) is 6.57. The van der Waals surface area contributed by atoms with E-state index in [0.717, 1.165) is 25.9 Å². The van der Waals surface area contributed by atoms with Crippen LogP contribution < -0.4 is 0 Å². The second kappa shape index (κ2) is 6.04. The van der Waals surface area contributed by atoms with Gasteiger partial charge in [-0.1, -0.05) is 19.3 Å². The number of likely N-dealkylation sites (tertiary alicyclic amines) is 1. The predicted molar refractivity (Wildman–Crippen MR) is 72.4 cm³/mol. The fourth-order valence-corrected chi connectivity index (χ4v) is 3.28. The Hall–Kier alpha value is -0.900. The SMILES string of the molecule is CC(C)(CN1CC(C(=O)C2CCCCC2)C1)O[C]=O. The van der Waals surface area contributed by atoms with Crippen molar-refractivity contribution in [2.24, 2.45) is 11.8 Å². The standard InChI is InChI=1S/C15H24NO3/c1-15(2,19-11-17)10-16-8-13(9-16)14(18)12-6-4-3-5-7-12/h12-13H,3-10H2,1-2H3. The van der Waals surface area contributed by atoms with Gasteiger partial charge in [-0.2, -0.15) is 0 Å². The number of hydrogen-bond donors (Lipinski definition) is 0. The molecule has 1 saturated heterocycles. The van der Waals surface area contributed by atoms with Crippen LogP contribution in [0, 0.1) is 11.8 Å². The van der Waals surface area contributed by atoms with Gasteiger partial charge >= 0.3 is 6.47 Å². The van der Waals surface area contributed by atoms with Crippen LogP contribution in [0.5, 0.6) is 0 Å². The minimum absolute atomic E-state index is 0.208. The summed E-state index contributed by atoms with van der Waals surface area (Å²) in [6.45, 7) is 7.56. The maximum Gasteiger partial charge on any atom is 0.418 e. The van der Waals surface area contributed by atoms with Gasteiger partial charge in [0.15, 0.2) is 0 Å². The summed E-state index contributed by atoms with van der Waals surface area (Å²) >= 11 is 0. The molecule has 1 aliphatic heterocycles. The largest absolute Gasteiger partial charge is 0.450 e. The lowest BCUT2D eigenvalue weighted by Gasteiger charge is -2.43. The number of rotatable bonds is 6. The molecule has 0 unspecified atom stereocenters. The summed E-state index contributed by atoms with van der Waals surface area (Å²) in [5.41, 5.74) is -0.513. The number of Topliss-reactive ketones (excluding diaryl/α,β-unsaturated/α-hetero) is 1. The van der Waals surface area contributed by atoms with E-state index in [1.165, 1.54) is 25.7 Å². The molecule has 1 aliphatic carbocycles. The Morgan fingerprint density at radius 1 is 1.21 bits per heavy atom. The van der Waals surface area contributed by atoms with Crippen LogP contribution in [-0.2, 0) is 14.3 Å². The zero-order chi connectivity index (χ0) is 13.9. The van der Waals surface area contributed by atoms with Crippen molar-refractivity contribution < 1.29 is 14.3 Å². The van der Waals surface area contributed by atoms with Gasteiger partial charge in [-0.25, -0.2) is 4.79 Å². The molecule has 0 aromatic rings. The van der Waals surface area contributed by atoms with Crippen LogP contribution >= 0.6 is 0 Å². The van der Waals surface area contributed by atoms with Crippen molar-refractivity contribution in [2.75, 3.05) is 19.6 Å². The molecular weight excluding hydrogens is 242 g/mol. The van der Waals surface area contributed by atoms with Crippen molar-refractivity contribution >= 4 is 12.3 Å². The third-order valence-corrected chi connectivity index (χ3v) is 4.29. The minimum atomic E-state index is -0.513. The molecule has 0 aromatic carbocycles. The topological polar surface area (TPSA) is 46.6 Å². The Labute approximate surface area is 115 Å². The second-order valence-electron chi connectivity index (χ2n) is 6.57. The van der Waals surface area contributed by atoms with Crippen LogP contribution in [0.1, 0.15) is 46.0 Å². The van der Waals surface area contributed by atoms with Gasteiger partial charge in [0.05, 0.1) is 0 Å². The average Bonchev–Trinajstić information content (AvgIpc) is 2.33. The van der Waals surface area contributed by atoms with Gasteiger partial charge in [0.1, 0.15) is 11.4 Å². The molecule has 2 aliphatic rings. The highest BCUT2D eigenvalue weighted by Crippen LogP contribution is 2.30. The quantitative estimate of drug-likeness (QED) is 0.737. The minimum Gasteiger partial charge on any atom is -0.450 e. The van der Waals surface area contributed by atoms with Crippen LogP contribution in [0.2, 0.25) is 0 Å². The summed E-state index contributed by atoms with van der Waals surface area (Å²) in [7, 11) is 0. The van der Waals surface area contributed by atoms with Crippen LogP contribution in [0.25, 0.3) is 0 Å². The molecule has 0 atom stereocenters. The van der Waals surface area contributed by atoms with Crippen LogP contribution in [0.3, 0.4) is 0 Å². The summed E-state index contributed by atoms with van der Waals surface area (Å²) < 4.78 is 4.92. The van der Waals surface area contributed by atoms with Gasteiger partial charge in [0.2, 0.25) is 0 Å². The molecule has 0 amide bonds. The molecule has 0 spiro atoms. The lowest BCUT2D eigenvalue weighted by atomic mass is 9.79. The zero-order valence-electron chi connectivity index (χ0n) is 12.0. The lowest BCUT2D eigenvalue weighted by molar-refractivity contribution is -0.134. The first-order valence-electron chi connectivity index (χ1n) is 7.33. The van der Waals surface area contributed by atoms with E-state index in [2.05, 4.69) is 4.90 Å². The maximum atomic E-state index is 12.3. The van der Waals surface area contributed by atoms with E-state index in [0.29, 0.717) is 18.2 Å². The highest BCUT2D eigenvalue weighted by Gasteiger charge is 2.38. The predicted octanol–water partition coefficient (Wildman–Crippen LogP) is 1.93. The van der Waals surface area contributed by atoms with E-state index in [1.807, 2.05) is 13.8 Å². The Morgan fingerprint density at radius 2 is 1.84 bits per heavy atom. The number of ketones is 1. The molecule has 1 saturated carbocycles. The Kier molecular flexibility index (Phi) is 4.61. The number of hydrogen-bond acceptors (Lipinski definition) is 4. The number of carbonyl (C=O) groups is 1. The van der Waals surface area contributed by atoms with E-state index >= 15 is 0 Å². The van der Waals surface area contributed by atoms with E-state index in [9.17, 15) is 9.59 Å². The highest BCUT2D eigenvalue weighted by atomic mass is 16.5. The summed E-state index contributed by atoms with van der Waals surface area (Å²) in [6, 6.07) is 0. The fourth-order valence-electron chi connectivity index (χ4n) is 3.28. The van der Waals surface area contributed by atoms with E-state index in [4.69, 9.17) is 4.74 Å².